The molecule has 5 aromatic heterocycles. The van der Waals surface area contributed by atoms with E-state index in [2.05, 4.69) is 40.4 Å². The number of imidazole rings is 1. The maximum atomic E-state index is 16.0. The summed E-state index contributed by atoms with van der Waals surface area (Å²) in [6, 6.07) is 9.55. The molecule has 1 aliphatic rings. The molecule has 11 heteroatoms. The number of hydrogen-bond acceptors (Lipinski definition) is 6. The summed E-state index contributed by atoms with van der Waals surface area (Å²) in [4.78, 5) is 33.0. The van der Waals surface area contributed by atoms with Crippen LogP contribution in [0.3, 0.4) is 0 Å². The van der Waals surface area contributed by atoms with Gasteiger partial charge in [0.05, 0.1) is 34.5 Å². The van der Waals surface area contributed by atoms with Crippen molar-refractivity contribution in [2.45, 2.75) is 19.3 Å². The van der Waals surface area contributed by atoms with E-state index in [4.69, 9.17) is 0 Å². The van der Waals surface area contributed by atoms with Crippen molar-refractivity contribution in [3.05, 3.63) is 72.8 Å². The molecule has 1 amide bonds. The third-order valence-electron chi connectivity index (χ3n) is 7.07. The van der Waals surface area contributed by atoms with E-state index in [9.17, 15) is 9.18 Å². The average Bonchev–Trinajstić information content (AvgIpc) is 3.53. The van der Waals surface area contributed by atoms with Crippen molar-refractivity contribution in [3.8, 4) is 33.9 Å². The number of pyridine rings is 3. The van der Waals surface area contributed by atoms with Crippen LogP contribution in [0.4, 0.5) is 14.5 Å². The lowest BCUT2D eigenvalue weighted by Gasteiger charge is -2.24. The number of halogens is 2. The highest BCUT2D eigenvalue weighted by Gasteiger charge is 2.26. The summed E-state index contributed by atoms with van der Waals surface area (Å²) in [5, 5.41) is 10.2. The van der Waals surface area contributed by atoms with Crippen LogP contribution in [0.25, 0.3) is 56.0 Å². The Kier molecular flexibility index (Phi) is 5.36. The summed E-state index contributed by atoms with van der Waals surface area (Å²) < 4.78 is 29.5. The molecule has 6 aromatic rings. The van der Waals surface area contributed by atoms with E-state index in [0.717, 1.165) is 30.4 Å². The number of hydrogen-bond donors (Lipinski definition) is 3. The van der Waals surface area contributed by atoms with Gasteiger partial charge in [-0.1, -0.05) is 18.6 Å². The van der Waals surface area contributed by atoms with E-state index in [0.29, 0.717) is 33.8 Å². The molecule has 0 aliphatic heterocycles. The highest BCUT2D eigenvalue weighted by molar-refractivity contribution is 5.97. The molecule has 192 valence electrons. The van der Waals surface area contributed by atoms with E-state index in [1.165, 1.54) is 30.7 Å². The summed E-state index contributed by atoms with van der Waals surface area (Å²) in [7, 11) is 0. The van der Waals surface area contributed by atoms with Crippen LogP contribution in [-0.2, 0) is 4.79 Å². The summed E-state index contributed by atoms with van der Waals surface area (Å²) in [6.45, 7) is 0. The predicted molar refractivity (Wildman–Crippen MR) is 141 cm³/mol. The van der Waals surface area contributed by atoms with Crippen molar-refractivity contribution in [1.82, 2.24) is 35.1 Å². The van der Waals surface area contributed by atoms with Gasteiger partial charge >= 0.3 is 0 Å². The molecule has 0 radical (unpaired) electrons. The number of amides is 1. The molecule has 39 heavy (non-hydrogen) atoms. The molecule has 3 N–H and O–H groups in total. The topological polar surface area (TPSA) is 125 Å². The molecule has 0 unspecified atom stereocenters. The quantitative estimate of drug-likeness (QED) is 0.269. The first-order valence-corrected chi connectivity index (χ1v) is 12.4. The number of H-pyrrole nitrogens is 2. The first-order valence-electron chi connectivity index (χ1n) is 12.4. The number of anilines is 1. The van der Waals surface area contributed by atoms with Gasteiger partial charge in [-0.05, 0) is 42.7 Å². The molecule has 1 aliphatic carbocycles. The van der Waals surface area contributed by atoms with Crippen LogP contribution >= 0.6 is 0 Å². The third kappa shape index (κ3) is 3.99. The zero-order chi connectivity index (χ0) is 26.5. The summed E-state index contributed by atoms with van der Waals surface area (Å²) >= 11 is 0. The van der Waals surface area contributed by atoms with E-state index >= 15 is 4.39 Å². The Morgan fingerprint density at radius 2 is 1.82 bits per heavy atom. The number of benzene rings is 1. The lowest BCUT2D eigenvalue weighted by Crippen LogP contribution is -2.28. The zero-order valence-electron chi connectivity index (χ0n) is 20.4. The van der Waals surface area contributed by atoms with Crippen molar-refractivity contribution in [2.75, 3.05) is 5.32 Å². The van der Waals surface area contributed by atoms with Gasteiger partial charge in [-0.2, -0.15) is 5.10 Å². The van der Waals surface area contributed by atoms with Crippen molar-refractivity contribution in [3.63, 3.8) is 0 Å². The lowest BCUT2D eigenvalue weighted by atomic mass is 9.85. The average molecular weight is 523 g/mol. The molecule has 0 spiro atoms. The molecular formula is C28H20F2N8O. The van der Waals surface area contributed by atoms with Crippen molar-refractivity contribution < 1.29 is 13.6 Å². The van der Waals surface area contributed by atoms with Crippen molar-refractivity contribution in [2.24, 2.45) is 5.92 Å². The van der Waals surface area contributed by atoms with Crippen LogP contribution in [0.15, 0.2) is 61.2 Å². The second-order valence-corrected chi connectivity index (χ2v) is 9.51. The van der Waals surface area contributed by atoms with Gasteiger partial charge in [0.15, 0.2) is 17.3 Å². The maximum Gasteiger partial charge on any atom is 0.227 e. The minimum atomic E-state index is -0.604. The van der Waals surface area contributed by atoms with Crippen LogP contribution in [0.1, 0.15) is 19.3 Å². The van der Waals surface area contributed by atoms with Gasteiger partial charge in [-0.15, -0.1) is 0 Å². The first-order chi connectivity index (χ1) is 19.0. The molecule has 0 bridgehead atoms. The number of carbonyl (C=O) groups is 1. The van der Waals surface area contributed by atoms with Gasteiger partial charge < -0.3 is 10.3 Å². The summed E-state index contributed by atoms with van der Waals surface area (Å²) in [6.07, 6.45) is 8.92. The molecule has 1 aromatic carbocycles. The lowest BCUT2D eigenvalue weighted by molar-refractivity contribution is -0.122. The van der Waals surface area contributed by atoms with Gasteiger partial charge in [0.1, 0.15) is 17.2 Å². The van der Waals surface area contributed by atoms with E-state index in [1.807, 2.05) is 0 Å². The first kappa shape index (κ1) is 23.1. The second-order valence-electron chi connectivity index (χ2n) is 9.51. The van der Waals surface area contributed by atoms with Crippen molar-refractivity contribution >= 4 is 33.7 Å². The van der Waals surface area contributed by atoms with Gasteiger partial charge in [-0.3, -0.25) is 19.9 Å². The van der Waals surface area contributed by atoms with Gasteiger partial charge in [0, 0.05) is 29.4 Å². The number of rotatable bonds is 5. The highest BCUT2D eigenvalue weighted by atomic mass is 19.1. The number of aromatic nitrogens is 7. The standard InChI is InChI=1S/C28H20F2N8O/c29-17-6-4-14(5-7-17)19-8-9-32-26-24(19)35-27(36-26)25-21-20(37-38-25)13-33-23(22(21)30)16-10-18(12-31-11-16)34-28(39)15-2-1-3-15/h4-13,15H,1-3H2,(H,34,39)(H,37,38)(H,32,35,36). The van der Waals surface area contributed by atoms with Crippen molar-refractivity contribution in [1.29, 1.82) is 0 Å². The van der Waals surface area contributed by atoms with Gasteiger partial charge in [-0.25, -0.2) is 18.7 Å². The summed E-state index contributed by atoms with van der Waals surface area (Å²) in [5.74, 6) is -0.671. The Labute approximate surface area is 219 Å². The van der Waals surface area contributed by atoms with Crippen LogP contribution in [0.2, 0.25) is 0 Å². The highest BCUT2D eigenvalue weighted by Crippen LogP contribution is 2.34. The number of nitrogens with zero attached hydrogens (tertiary/aromatic N) is 5. The third-order valence-corrected chi connectivity index (χ3v) is 7.07. The fraction of sp³-hybridized carbons (Fsp3) is 0.143. The second kappa shape index (κ2) is 9.05. The molecule has 5 heterocycles. The van der Waals surface area contributed by atoms with E-state index in [1.54, 1.807) is 30.5 Å². The Morgan fingerprint density at radius 3 is 2.62 bits per heavy atom. The molecule has 1 fully saturated rings. The predicted octanol–water partition coefficient (Wildman–Crippen LogP) is 5.64. The fourth-order valence-corrected chi connectivity index (χ4v) is 4.79. The number of nitrogens with one attached hydrogen (secondary N) is 3. The normalized spacial score (nSPS) is 13.6. The van der Waals surface area contributed by atoms with E-state index in [-0.39, 0.29) is 34.4 Å². The van der Waals surface area contributed by atoms with Crippen LogP contribution < -0.4 is 5.32 Å². The summed E-state index contributed by atoms with van der Waals surface area (Å²) in [5.41, 5.74) is 4.19. The SMILES string of the molecule is O=C(Nc1cncc(-c2ncc3[nH]nc(-c4nc5nccc(-c6ccc(F)cc6)c5[nH]4)c3c2F)c1)C1CCC1. The van der Waals surface area contributed by atoms with Crippen LogP contribution in [-0.4, -0.2) is 41.0 Å². The number of carbonyl (C=O) groups excluding carboxylic acids is 1. The Morgan fingerprint density at radius 1 is 0.974 bits per heavy atom. The molecule has 9 nitrogen and oxygen atoms in total. The van der Waals surface area contributed by atoms with E-state index < -0.39 is 5.82 Å². The fourth-order valence-electron chi connectivity index (χ4n) is 4.79. The van der Waals surface area contributed by atoms with Gasteiger partial charge in [0.25, 0.3) is 0 Å². The molecule has 0 saturated heterocycles. The van der Waals surface area contributed by atoms with Crippen LogP contribution in [0.5, 0.6) is 0 Å². The molecule has 1 saturated carbocycles. The Hall–Kier alpha value is -5.06. The number of fused-ring (bicyclic) bond motifs is 2. The minimum absolute atomic E-state index is 0.00947. The molecular weight excluding hydrogens is 502 g/mol. The monoisotopic (exact) mass is 522 g/mol. The maximum absolute atomic E-state index is 16.0. The smallest absolute Gasteiger partial charge is 0.227 e. The Balaban J connectivity index is 1.29. The molecule has 0 atom stereocenters. The zero-order valence-corrected chi connectivity index (χ0v) is 20.4. The largest absolute Gasteiger partial charge is 0.335 e. The molecule has 7 rings (SSSR count). The number of aromatic amines is 2. The minimum Gasteiger partial charge on any atom is -0.335 e. The Bertz CT molecular complexity index is 1870. The van der Waals surface area contributed by atoms with Crippen LogP contribution in [0, 0.1) is 17.6 Å². The van der Waals surface area contributed by atoms with Gasteiger partial charge in [0.2, 0.25) is 5.91 Å².